The fraction of sp³-hybridized carbons (Fsp3) is 0.353. The monoisotopic (exact) mass is 380 g/mol. The Morgan fingerprint density at radius 3 is 2.40 bits per heavy atom. The number of rotatable bonds is 5. The van der Waals surface area contributed by atoms with E-state index in [1.807, 2.05) is 6.92 Å². The summed E-state index contributed by atoms with van der Waals surface area (Å²) in [5.41, 5.74) is 4.87. The number of benzene rings is 1. The van der Waals surface area contributed by atoms with E-state index in [0.29, 0.717) is 6.04 Å². The lowest BCUT2D eigenvalue weighted by Gasteiger charge is -2.20. The molecule has 3 heteroatoms. The summed E-state index contributed by atoms with van der Waals surface area (Å²) in [6, 6.07) is 13.4. The van der Waals surface area contributed by atoms with Gasteiger partial charge in [-0.15, -0.1) is 0 Å². The zero-order chi connectivity index (χ0) is 14.5. The molecule has 0 aliphatic rings. The third-order valence-electron chi connectivity index (χ3n) is 3.44. The molecule has 2 aromatic rings. The van der Waals surface area contributed by atoms with Crippen LogP contribution in [0.15, 0.2) is 36.4 Å². The van der Waals surface area contributed by atoms with Gasteiger partial charge in [0.1, 0.15) is 0 Å². The van der Waals surface area contributed by atoms with Crippen LogP contribution in [-0.2, 0) is 6.42 Å². The Kier molecular flexibility index (Phi) is 5.54. The number of pyridine rings is 1. The lowest BCUT2D eigenvalue weighted by molar-refractivity contribution is 0.545. The molecule has 0 saturated carbocycles. The molecule has 2 nitrogen and oxygen atoms in total. The topological polar surface area (TPSA) is 24.9 Å². The molecule has 0 aliphatic heterocycles. The molecule has 1 heterocycles. The zero-order valence-electron chi connectivity index (χ0n) is 12.3. The predicted octanol–water partition coefficient (Wildman–Crippen LogP) is 4.20. The van der Waals surface area contributed by atoms with E-state index in [2.05, 4.69) is 83.1 Å². The molecule has 106 valence electrons. The number of nitrogens with one attached hydrogen (secondary N) is 1. The molecule has 0 fully saturated rings. The van der Waals surface area contributed by atoms with Crippen molar-refractivity contribution in [2.24, 2.45) is 0 Å². The van der Waals surface area contributed by atoms with Crippen LogP contribution in [0.1, 0.15) is 35.5 Å². The van der Waals surface area contributed by atoms with E-state index in [1.54, 1.807) is 0 Å². The molecule has 1 atom stereocenters. The molecule has 20 heavy (non-hydrogen) atoms. The number of likely N-dealkylation sites (N-methyl/N-ethyl adjacent to an activating group) is 1. The first-order chi connectivity index (χ1) is 9.60. The standard InChI is InChI=1S/C17H21IN2/c1-4-19-17(11-14-6-8-15(18)9-7-14)16-10-5-12(2)20-13(16)3/h5-10,17,19H,4,11H2,1-3H3. The Bertz CT molecular complexity index is 564. The average molecular weight is 380 g/mol. The third kappa shape index (κ3) is 4.03. The highest BCUT2D eigenvalue weighted by atomic mass is 127. The quantitative estimate of drug-likeness (QED) is 0.787. The Balaban J connectivity index is 2.24. The van der Waals surface area contributed by atoms with E-state index in [1.165, 1.54) is 14.7 Å². The summed E-state index contributed by atoms with van der Waals surface area (Å²) in [4.78, 5) is 4.59. The van der Waals surface area contributed by atoms with Crippen molar-refractivity contribution < 1.29 is 0 Å². The van der Waals surface area contributed by atoms with Gasteiger partial charge in [0, 0.05) is 21.0 Å². The van der Waals surface area contributed by atoms with Crippen molar-refractivity contribution in [3.63, 3.8) is 0 Å². The van der Waals surface area contributed by atoms with Crippen LogP contribution in [0.3, 0.4) is 0 Å². The summed E-state index contributed by atoms with van der Waals surface area (Å²) >= 11 is 2.34. The van der Waals surface area contributed by atoms with Crippen LogP contribution >= 0.6 is 22.6 Å². The lowest BCUT2D eigenvalue weighted by atomic mass is 9.97. The molecule has 1 aromatic heterocycles. The Labute approximate surface area is 135 Å². The maximum Gasteiger partial charge on any atom is 0.0423 e. The molecule has 1 N–H and O–H groups in total. The summed E-state index contributed by atoms with van der Waals surface area (Å²) < 4.78 is 1.28. The van der Waals surface area contributed by atoms with Crippen LogP contribution in [0.5, 0.6) is 0 Å². The number of aryl methyl sites for hydroxylation is 2. The largest absolute Gasteiger partial charge is 0.310 e. The fourth-order valence-electron chi connectivity index (χ4n) is 2.46. The molecule has 1 unspecified atom stereocenters. The maximum atomic E-state index is 4.59. The highest BCUT2D eigenvalue weighted by molar-refractivity contribution is 14.1. The van der Waals surface area contributed by atoms with E-state index < -0.39 is 0 Å². The summed E-state index contributed by atoms with van der Waals surface area (Å²) in [6.07, 6.45) is 0.996. The van der Waals surface area contributed by atoms with Crippen LogP contribution < -0.4 is 5.32 Å². The molecule has 0 radical (unpaired) electrons. The van der Waals surface area contributed by atoms with Gasteiger partial charge < -0.3 is 5.32 Å². The predicted molar refractivity (Wildman–Crippen MR) is 93.0 cm³/mol. The normalized spacial score (nSPS) is 12.4. The van der Waals surface area contributed by atoms with E-state index in [9.17, 15) is 0 Å². The smallest absolute Gasteiger partial charge is 0.0423 e. The molecular weight excluding hydrogens is 359 g/mol. The lowest BCUT2D eigenvalue weighted by Crippen LogP contribution is -2.24. The number of hydrogen-bond acceptors (Lipinski definition) is 2. The second kappa shape index (κ2) is 7.18. The summed E-state index contributed by atoms with van der Waals surface area (Å²) in [6.45, 7) is 7.25. The highest BCUT2D eigenvalue weighted by Crippen LogP contribution is 2.21. The van der Waals surface area contributed by atoms with Crippen LogP contribution in [-0.4, -0.2) is 11.5 Å². The third-order valence-corrected chi connectivity index (χ3v) is 4.16. The first-order valence-corrected chi connectivity index (χ1v) is 8.10. The van der Waals surface area contributed by atoms with Crippen molar-refractivity contribution in [1.82, 2.24) is 10.3 Å². The Morgan fingerprint density at radius 1 is 1.10 bits per heavy atom. The molecular formula is C17H21IN2. The van der Waals surface area contributed by atoms with Crippen molar-refractivity contribution in [2.45, 2.75) is 33.2 Å². The number of hydrogen-bond donors (Lipinski definition) is 1. The molecule has 1 aromatic carbocycles. The van der Waals surface area contributed by atoms with Gasteiger partial charge in [-0.25, -0.2) is 0 Å². The van der Waals surface area contributed by atoms with Crippen molar-refractivity contribution in [2.75, 3.05) is 6.54 Å². The highest BCUT2D eigenvalue weighted by Gasteiger charge is 2.14. The van der Waals surface area contributed by atoms with Crippen LogP contribution in [0.2, 0.25) is 0 Å². The van der Waals surface area contributed by atoms with Crippen molar-refractivity contribution in [3.8, 4) is 0 Å². The van der Waals surface area contributed by atoms with Crippen molar-refractivity contribution in [3.05, 3.63) is 62.5 Å². The van der Waals surface area contributed by atoms with Gasteiger partial charge in [-0.1, -0.05) is 25.1 Å². The van der Waals surface area contributed by atoms with Gasteiger partial charge in [0.05, 0.1) is 0 Å². The Morgan fingerprint density at radius 2 is 1.80 bits per heavy atom. The molecule has 2 rings (SSSR count). The van der Waals surface area contributed by atoms with Gasteiger partial charge in [0.2, 0.25) is 0 Å². The van der Waals surface area contributed by atoms with Crippen molar-refractivity contribution in [1.29, 1.82) is 0 Å². The number of halogens is 1. The summed E-state index contributed by atoms with van der Waals surface area (Å²) in [5, 5.41) is 3.58. The van der Waals surface area contributed by atoms with Gasteiger partial charge in [-0.3, -0.25) is 4.98 Å². The minimum Gasteiger partial charge on any atom is -0.310 e. The minimum absolute atomic E-state index is 0.327. The van der Waals surface area contributed by atoms with Crippen LogP contribution in [0, 0.1) is 17.4 Å². The summed E-state index contributed by atoms with van der Waals surface area (Å²) in [5.74, 6) is 0. The number of nitrogens with zero attached hydrogens (tertiary/aromatic N) is 1. The maximum absolute atomic E-state index is 4.59. The van der Waals surface area contributed by atoms with E-state index >= 15 is 0 Å². The van der Waals surface area contributed by atoms with Crippen LogP contribution in [0.25, 0.3) is 0 Å². The first-order valence-electron chi connectivity index (χ1n) is 7.02. The fourth-order valence-corrected chi connectivity index (χ4v) is 2.82. The van der Waals surface area contributed by atoms with Gasteiger partial charge in [0.25, 0.3) is 0 Å². The van der Waals surface area contributed by atoms with E-state index in [0.717, 1.165) is 24.4 Å². The molecule has 0 aliphatic carbocycles. The second-order valence-electron chi connectivity index (χ2n) is 5.07. The molecule has 0 saturated heterocycles. The molecule has 0 bridgehead atoms. The average Bonchev–Trinajstić information content (AvgIpc) is 2.41. The van der Waals surface area contributed by atoms with Crippen molar-refractivity contribution >= 4 is 22.6 Å². The Hall–Kier alpha value is -0.940. The van der Waals surface area contributed by atoms with Gasteiger partial charge in [-0.2, -0.15) is 0 Å². The van der Waals surface area contributed by atoms with Gasteiger partial charge in [0.15, 0.2) is 0 Å². The molecule has 0 amide bonds. The van der Waals surface area contributed by atoms with E-state index in [-0.39, 0.29) is 0 Å². The molecule has 0 spiro atoms. The summed E-state index contributed by atoms with van der Waals surface area (Å²) in [7, 11) is 0. The minimum atomic E-state index is 0.327. The first kappa shape index (κ1) is 15.4. The van der Waals surface area contributed by atoms with Gasteiger partial charge in [-0.05, 0) is 78.7 Å². The second-order valence-corrected chi connectivity index (χ2v) is 6.31. The van der Waals surface area contributed by atoms with Crippen LogP contribution in [0.4, 0.5) is 0 Å². The van der Waals surface area contributed by atoms with E-state index in [4.69, 9.17) is 0 Å². The van der Waals surface area contributed by atoms with Gasteiger partial charge >= 0.3 is 0 Å². The SMILES string of the molecule is CCNC(Cc1ccc(I)cc1)c1ccc(C)nc1C. The number of aromatic nitrogens is 1. The zero-order valence-corrected chi connectivity index (χ0v) is 14.4.